The highest BCUT2D eigenvalue weighted by atomic mass is 35.5. The molecule has 2 heterocycles. The molecule has 0 spiro atoms. The van der Waals surface area contributed by atoms with E-state index >= 15 is 0 Å². The van der Waals surface area contributed by atoms with Gasteiger partial charge in [-0.3, -0.25) is 0 Å². The van der Waals surface area contributed by atoms with Crippen molar-refractivity contribution in [2.75, 3.05) is 0 Å². The fourth-order valence-corrected chi connectivity index (χ4v) is 8.35. The van der Waals surface area contributed by atoms with E-state index in [2.05, 4.69) is 29.2 Å². The number of fused-ring (bicyclic) bond motifs is 1. The highest BCUT2D eigenvalue weighted by molar-refractivity contribution is 7.92. The standard InChI is InChI=1S/C30H26Cl2N2O2S/c31-23-12-8-21(9-13-23)28-29(22-10-14-24(32)15-11-22)34-26(20-6-7-20)2-1-3-27(34)30(28)37(35,36)25-16-4-19(18-33)5-17-25/h1-5,8-10,12,14-17,22-23,28-30H,6-7,11,13H2/t22?,23?,28-,29+,30?/m1/s1. The summed E-state index contributed by atoms with van der Waals surface area (Å²) in [4.78, 5) is 2.54. The number of hydrogen-bond donors (Lipinski definition) is 0. The van der Waals surface area contributed by atoms with Crippen LogP contribution in [0.15, 0.2) is 111 Å². The van der Waals surface area contributed by atoms with Crippen molar-refractivity contribution in [3.05, 3.63) is 112 Å². The summed E-state index contributed by atoms with van der Waals surface area (Å²) in [5.41, 5.74) is 4.75. The predicted molar refractivity (Wildman–Crippen MR) is 147 cm³/mol. The maximum Gasteiger partial charge on any atom is 0.187 e. The van der Waals surface area contributed by atoms with Crippen LogP contribution in [0.4, 0.5) is 0 Å². The van der Waals surface area contributed by atoms with E-state index in [1.807, 2.05) is 36.5 Å². The van der Waals surface area contributed by atoms with Crippen molar-refractivity contribution in [1.29, 1.82) is 5.26 Å². The molecule has 2 fully saturated rings. The Morgan fingerprint density at radius 3 is 2.41 bits per heavy atom. The third kappa shape index (κ3) is 4.36. The molecule has 5 atom stereocenters. The number of benzene rings is 1. The Morgan fingerprint density at radius 1 is 1.00 bits per heavy atom. The van der Waals surface area contributed by atoms with Crippen LogP contribution in [0, 0.1) is 23.2 Å². The lowest BCUT2D eigenvalue weighted by Gasteiger charge is -2.37. The molecule has 3 unspecified atom stereocenters. The smallest absolute Gasteiger partial charge is 0.187 e. The van der Waals surface area contributed by atoms with Crippen molar-refractivity contribution in [2.24, 2.45) is 11.8 Å². The van der Waals surface area contributed by atoms with Crippen LogP contribution in [0.25, 0.3) is 0 Å². The summed E-state index contributed by atoms with van der Waals surface area (Å²) >= 11 is 12.7. The normalized spacial score (nSPS) is 30.5. The first-order chi connectivity index (χ1) is 17.9. The van der Waals surface area contributed by atoms with Crippen LogP contribution in [-0.2, 0) is 9.84 Å². The van der Waals surface area contributed by atoms with E-state index < -0.39 is 15.1 Å². The topological polar surface area (TPSA) is 61.2 Å². The molecule has 3 aliphatic carbocycles. The molecule has 0 radical (unpaired) electrons. The van der Waals surface area contributed by atoms with Crippen LogP contribution in [0.2, 0.25) is 0 Å². The molecule has 1 aromatic carbocycles. The summed E-state index contributed by atoms with van der Waals surface area (Å²) in [6.07, 6.45) is 21.8. The van der Waals surface area contributed by atoms with Crippen LogP contribution >= 0.6 is 23.2 Å². The third-order valence-corrected chi connectivity index (χ3v) is 10.6. The van der Waals surface area contributed by atoms with Crippen molar-refractivity contribution in [1.82, 2.24) is 4.90 Å². The minimum absolute atomic E-state index is 0.0842. The van der Waals surface area contributed by atoms with Crippen LogP contribution in [-0.4, -0.2) is 30.0 Å². The Labute approximate surface area is 228 Å². The number of rotatable bonds is 4. The Balaban J connectivity index is 1.54. The van der Waals surface area contributed by atoms with Gasteiger partial charge in [-0.2, -0.15) is 5.26 Å². The van der Waals surface area contributed by atoms with Gasteiger partial charge in [0, 0.05) is 34.3 Å². The quantitative estimate of drug-likeness (QED) is 0.393. The maximum absolute atomic E-state index is 14.5. The van der Waals surface area contributed by atoms with Crippen molar-refractivity contribution in [3.63, 3.8) is 0 Å². The molecule has 7 heteroatoms. The zero-order valence-electron chi connectivity index (χ0n) is 20.1. The predicted octanol–water partition coefficient (Wildman–Crippen LogP) is 6.70. The van der Waals surface area contributed by atoms with Gasteiger partial charge < -0.3 is 4.90 Å². The second kappa shape index (κ2) is 9.51. The number of allylic oxidation sites excluding steroid dienone is 10. The summed E-state index contributed by atoms with van der Waals surface area (Å²) in [7, 11) is -3.81. The molecule has 0 bridgehead atoms. The second-order valence-corrected chi connectivity index (χ2v) is 13.2. The van der Waals surface area contributed by atoms with E-state index in [0.717, 1.165) is 36.2 Å². The lowest BCUT2D eigenvalue weighted by Crippen LogP contribution is -2.40. The molecule has 37 heavy (non-hydrogen) atoms. The summed E-state index contributed by atoms with van der Waals surface area (Å²) in [5.74, 6) is -0.220. The number of halogens is 2. The molecule has 1 saturated carbocycles. The molecule has 1 aromatic rings. The maximum atomic E-state index is 14.5. The average Bonchev–Trinajstić information content (AvgIpc) is 3.70. The number of sulfone groups is 1. The number of alkyl halides is 1. The van der Waals surface area contributed by atoms with E-state index in [0.29, 0.717) is 17.0 Å². The van der Waals surface area contributed by atoms with Crippen molar-refractivity contribution >= 4 is 33.0 Å². The van der Waals surface area contributed by atoms with E-state index in [9.17, 15) is 13.7 Å². The molecule has 5 aliphatic rings. The van der Waals surface area contributed by atoms with Gasteiger partial charge in [-0.25, -0.2) is 8.42 Å². The lowest BCUT2D eigenvalue weighted by atomic mass is 9.79. The number of nitrogens with zero attached hydrogens (tertiary/aromatic N) is 2. The zero-order chi connectivity index (χ0) is 25.7. The average molecular weight is 550 g/mol. The molecule has 2 aliphatic heterocycles. The molecule has 188 valence electrons. The van der Waals surface area contributed by atoms with Crippen molar-refractivity contribution in [3.8, 4) is 6.07 Å². The lowest BCUT2D eigenvalue weighted by molar-refractivity contribution is 0.262. The van der Waals surface area contributed by atoms with E-state index in [1.165, 1.54) is 5.57 Å². The van der Waals surface area contributed by atoms with E-state index in [4.69, 9.17) is 23.2 Å². The first-order valence-corrected chi connectivity index (χ1v) is 14.9. The second-order valence-electron chi connectivity index (χ2n) is 10.1. The summed E-state index contributed by atoms with van der Waals surface area (Å²) in [6.45, 7) is 0. The molecular formula is C30H26Cl2N2O2S. The van der Waals surface area contributed by atoms with Crippen LogP contribution in [0.5, 0.6) is 0 Å². The number of hydrogen-bond acceptors (Lipinski definition) is 4. The van der Waals surface area contributed by atoms with Gasteiger partial charge >= 0.3 is 0 Å². The third-order valence-electron chi connectivity index (χ3n) is 7.84. The largest absolute Gasteiger partial charge is 0.339 e. The first kappa shape index (κ1) is 24.6. The zero-order valence-corrected chi connectivity index (χ0v) is 22.4. The Bertz CT molecular complexity index is 1500. The van der Waals surface area contributed by atoms with Gasteiger partial charge in [-0.1, -0.05) is 48.1 Å². The number of nitriles is 1. The highest BCUT2D eigenvalue weighted by Gasteiger charge is 2.55. The van der Waals surface area contributed by atoms with Crippen LogP contribution in [0.1, 0.15) is 31.2 Å². The molecule has 1 saturated heterocycles. The SMILES string of the molecule is N#Cc1ccc(S(=O)(=O)C2C3=CC=CC(=C4CC4)N3[C@@H](C3C=CC(Cl)=CC3)[C@H]2C2=CCC(Cl)C=C2)cc1. The van der Waals surface area contributed by atoms with Gasteiger partial charge in [0.25, 0.3) is 0 Å². The molecule has 0 aromatic heterocycles. The van der Waals surface area contributed by atoms with Crippen molar-refractivity contribution in [2.45, 2.75) is 47.2 Å². The fourth-order valence-electron chi connectivity index (χ4n) is 6.00. The molecule has 0 amide bonds. The summed E-state index contributed by atoms with van der Waals surface area (Å²) in [5, 5.41) is 9.08. The fraction of sp³-hybridized carbons (Fsp3) is 0.300. The van der Waals surface area contributed by atoms with Gasteiger partial charge in [-0.15, -0.1) is 11.6 Å². The monoisotopic (exact) mass is 548 g/mol. The van der Waals surface area contributed by atoms with Gasteiger partial charge in [0.2, 0.25) is 0 Å². The van der Waals surface area contributed by atoms with E-state index in [-0.39, 0.29) is 28.2 Å². The summed E-state index contributed by atoms with van der Waals surface area (Å²) in [6, 6.07) is 8.25. The molecular weight excluding hydrogens is 523 g/mol. The molecule has 6 rings (SSSR count). The molecule has 4 nitrogen and oxygen atoms in total. The first-order valence-electron chi connectivity index (χ1n) is 12.6. The van der Waals surface area contributed by atoms with E-state index in [1.54, 1.807) is 24.3 Å². The van der Waals surface area contributed by atoms with Gasteiger partial charge in [0.15, 0.2) is 9.84 Å². The van der Waals surface area contributed by atoms with Crippen LogP contribution in [0.3, 0.4) is 0 Å². The molecule has 0 N–H and O–H groups in total. The Morgan fingerprint density at radius 2 is 1.78 bits per heavy atom. The highest BCUT2D eigenvalue weighted by Crippen LogP contribution is 2.53. The minimum atomic E-state index is -3.81. The van der Waals surface area contributed by atoms with Gasteiger partial charge in [0.1, 0.15) is 5.25 Å². The minimum Gasteiger partial charge on any atom is -0.339 e. The van der Waals surface area contributed by atoms with Crippen molar-refractivity contribution < 1.29 is 8.42 Å². The summed E-state index contributed by atoms with van der Waals surface area (Å²) < 4.78 is 28.9. The van der Waals surface area contributed by atoms with Gasteiger partial charge in [-0.05, 0) is 79.3 Å². The Hall–Kier alpha value is -2.78. The Kier molecular flexibility index (Phi) is 6.31. The van der Waals surface area contributed by atoms with Crippen LogP contribution < -0.4 is 0 Å². The van der Waals surface area contributed by atoms with Gasteiger partial charge in [0.05, 0.1) is 21.9 Å².